The fourth-order valence-electron chi connectivity index (χ4n) is 3.81. The van der Waals surface area contributed by atoms with Crippen LogP contribution >= 0.6 is 12.6 Å². The van der Waals surface area contributed by atoms with Crippen LogP contribution in [0.5, 0.6) is 5.75 Å². The van der Waals surface area contributed by atoms with Crippen molar-refractivity contribution in [2.75, 3.05) is 12.3 Å². The van der Waals surface area contributed by atoms with E-state index in [4.69, 9.17) is 11.5 Å². The minimum absolute atomic E-state index is 0.0874. The fourth-order valence-corrected chi connectivity index (χ4v) is 4.06. The van der Waals surface area contributed by atoms with E-state index in [9.17, 15) is 29.4 Å². The highest BCUT2D eigenvalue weighted by Gasteiger charge is 2.30. The lowest BCUT2D eigenvalue weighted by atomic mass is 10.0. The van der Waals surface area contributed by atoms with Crippen LogP contribution in [0, 0.1) is 0 Å². The van der Waals surface area contributed by atoms with Crippen LogP contribution in [-0.2, 0) is 32.0 Å². The van der Waals surface area contributed by atoms with Crippen LogP contribution in [0.4, 0.5) is 0 Å². The second-order valence-electron chi connectivity index (χ2n) is 9.16. The van der Waals surface area contributed by atoms with Crippen molar-refractivity contribution in [3.63, 3.8) is 0 Å². The van der Waals surface area contributed by atoms with E-state index in [-0.39, 0.29) is 30.8 Å². The van der Waals surface area contributed by atoms with Crippen molar-refractivity contribution in [1.82, 2.24) is 16.0 Å². The Morgan fingerprint density at radius 3 is 1.92 bits per heavy atom. The van der Waals surface area contributed by atoms with Crippen LogP contribution in [-0.4, -0.2) is 70.4 Å². The van der Waals surface area contributed by atoms with Crippen LogP contribution in [0.1, 0.15) is 30.4 Å². The Balaban J connectivity index is 2.11. The molecule has 0 radical (unpaired) electrons. The molecule has 2 rings (SSSR count). The lowest BCUT2D eigenvalue weighted by Gasteiger charge is -2.24. The van der Waals surface area contributed by atoms with Gasteiger partial charge < -0.3 is 37.6 Å². The Labute approximate surface area is 233 Å². The van der Waals surface area contributed by atoms with Crippen molar-refractivity contribution < 1.29 is 29.4 Å². The van der Waals surface area contributed by atoms with Gasteiger partial charge in [-0.15, -0.1) is 0 Å². The molecule has 0 fully saturated rings. The molecular weight excluding hydrogens is 522 g/mol. The van der Waals surface area contributed by atoms with Crippen molar-refractivity contribution in [3.8, 4) is 5.75 Å². The van der Waals surface area contributed by atoms with Crippen molar-refractivity contribution >= 4 is 36.3 Å². The molecule has 4 atom stereocenters. The molecule has 0 spiro atoms. The van der Waals surface area contributed by atoms with Gasteiger partial charge in [-0.05, 0) is 55.5 Å². The number of nitrogens with one attached hydrogen (secondary N) is 3. The Morgan fingerprint density at radius 1 is 0.769 bits per heavy atom. The standard InChI is InChI=1S/C27H37N5O6S/c28-13-5-4-8-21(27(37)38)30-26(36)23(16-39)32-25(35)22(15-17-6-2-1-3-7-17)31-24(34)20(29)14-18-9-11-19(33)12-10-18/h1-3,6-7,9-12,20-23,33,39H,4-5,8,13-16,28-29H2,(H,30,36)(H,31,34)(H,32,35)(H,37,38). The van der Waals surface area contributed by atoms with E-state index in [1.54, 1.807) is 36.4 Å². The van der Waals surface area contributed by atoms with Gasteiger partial charge in [0, 0.05) is 12.2 Å². The highest BCUT2D eigenvalue weighted by molar-refractivity contribution is 7.80. The van der Waals surface area contributed by atoms with E-state index in [1.165, 1.54) is 12.1 Å². The number of carboxylic acid groups (broad SMARTS) is 1. The summed E-state index contributed by atoms with van der Waals surface area (Å²) < 4.78 is 0. The van der Waals surface area contributed by atoms with Crippen LogP contribution in [0.3, 0.4) is 0 Å². The summed E-state index contributed by atoms with van der Waals surface area (Å²) in [7, 11) is 0. The minimum Gasteiger partial charge on any atom is -0.508 e. The average molecular weight is 560 g/mol. The normalized spacial score (nSPS) is 13.9. The van der Waals surface area contributed by atoms with Gasteiger partial charge in [-0.25, -0.2) is 4.79 Å². The lowest BCUT2D eigenvalue weighted by molar-refractivity contribution is -0.142. The highest BCUT2D eigenvalue weighted by atomic mass is 32.1. The molecule has 0 aliphatic rings. The van der Waals surface area contributed by atoms with E-state index in [0.29, 0.717) is 19.4 Å². The summed E-state index contributed by atoms with van der Waals surface area (Å²) in [5, 5.41) is 26.6. The van der Waals surface area contributed by atoms with Gasteiger partial charge >= 0.3 is 5.97 Å². The van der Waals surface area contributed by atoms with Crippen LogP contribution in [0.25, 0.3) is 0 Å². The first-order valence-electron chi connectivity index (χ1n) is 12.7. The summed E-state index contributed by atoms with van der Waals surface area (Å²) in [6.07, 6.45) is 1.62. The summed E-state index contributed by atoms with van der Waals surface area (Å²) >= 11 is 4.16. The molecule has 12 heteroatoms. The van der Waals surface area contributed by atoms with Crippen LogP contribution < -0.4 is 27.4 Å². The van der Waals surface area contributed by atoms with Gasteiger partial charge in [0.05, 0.1) is 6.04 Å². The van der Waals surface area contributed by atoms with Crippen molar-refractivity contribution in [1.29, 1.82) is 0 Å². The molecule has 0 heterocycles. The molecule has 9 N–H and O–H groups in total. The Hall–Kier alpha value is -3.61. The van der Waals surface area contributed by atoms with Crippen molar-refractivity contribution in [3.05, 3.63) is 65.7 Å². The molecular formula is C27H37N5O6S. The number of hydrogen-bond acceptors (Lipinski definition) is 8. The maximum atomic E-state index is 13.3. The van der Waals surface area contributed by atoms with Gasteiger partial charge in [-0.2, -0.15) is 12.6 Å². The van der Waals surface area contributed by atoms with Gasteiger partial charge in [0.15, 0.2) is 0 Å². The summed E-state index contributed by atoms with van der Waals surface area (Å²) in [5.74, 6) is -3.12. The molecule has 0 saturated heterocycles. The molecule has 2 aromatic carbocycles. The van der Waals surface area contributed by atoms with Gasteiger partial charge in [0.1, 0.15) is 23.9 Å². The molecule has 0 saturated carbocycles. The molecule has 0 aliphatic heterocycles. The van der Waals surface area contributed by atoms with E-state index < -0.39 is 47.9 Å². The number of nitrogens with two attached hydrogens (primary N) is 2. The molecule has 11 nitrogen and oxygen atoms in total. The first-order valence-corrected chi connectivity index (χ1v) is 13.3. The number of unbranched alkanes of at least 4 members (excludes halogenated alkanes) is 1. The summed E-state index contributed by atoms with van der Waals surface area (Å²) in [5.41, 5.74) is 13.0. The first kappa shape index (κ1) is 31.6. The number of aliphatic carboxylic acids is 1. The summed E-state index contributed by atoms with van der Waals surface area (Å²) in [6.45, 7) is 0.405. The highest BCUT2D eigenvalue weighted by Crippen LogP contribution is 2.11. The number of carbonyl (C=O) groups excluding carboxylic acids is 3. The van der Waals surface area contributed by atoms with Crippen molar-refractivity contribution in [2.45, 2.75) is 56.3 Å². The van der Waals surface area contributed by atoms with E-state index in [1.807, 2.05) is 6.07 Å². The summed E-state index contributed by atoms with van der Waals surface area (Å²) in [6, 6.07) is 10.9. The second kappa shape index (κ2) is 16.4. The van der Waals surface area contributed by atoms with E-state index >= 15 is 0 Å². The fraction of sp³-hybridized carbons (Fsp3) is 0.407. The molecule has 2 aromatic rings. The second-order valence-corrected chi connectivity index (χ2v) is 9.52. The smallest absolute Gasteiger partial charge is 0.326 e. The molecule has 39 heavy (non-hydrogen) atoms. The lowest BCUT2D eigenvalue weighted by Crippen LogP contribution is -2.58. The Kier molecular flexibility index (Phi) is 13.3. The number of phenolic OH excluding ortho intramolecular Hbond substituents is 1. The quantitative estimate of drug-likeness (QED) is 0.105. The summed E-state index contributed by atoms with van der Waals surface area (Å²) in [4.78, 5) is 50.6. The molecule has 3 amide bonds. The Bertz CT molecular complexity index is 1090. The predicted octanol–water partition coefficient (Wildman–Crippen LogP) is 0.103. The number of thiol groups is 1. The average Bonchev–Trinajstić information content (AvgIpc) is 2.92. The topological polar surface area (TPSA) is 197 Å². The SMILES string of the molecule is NCCCCC(NC(=O)C(CS)NC(=O)C(Cc1ccccc1)NC(=O)C(N)Cc1ccc(O)cc1)C(=O)O. The zero-order valence-electron chi connectivity index (χ0n) is 21.6. The molecule has 0 aliphatic carbocycles. The molecule has 0 aromatic heterocycles. The van der Waals surface area contributed by atoms with Crippen LogP contribution in [0.15, 0.2) is 54.6 Å². The number of benzene rings is 2. The molecule has 4 unspecified atom stereocenters. The zero-order valence-corrected chi connectivity index (χ0v) is 22.5. The number of amides is 3. The largest absolute Gasteiger partial charge is 0.508 e. The predicted molar refractivity (Wildman–Crippen MR) is 150 cm³/mol. The number of rotatable bonds is 16. The monoisotopic (exact) mass is 559 g/mol. The van der Waals surface area contributed by atoms with E-state index in [2.05, 4.69) is 28.6 Å². The maximum absolute atomic E-state index is 13.3. The van der Waals surface area contributed by atoms with Crippen LogP contribution in [0.2, 0.25) is 0 Å². The number of carbonyl (C=O) groups is 4. The van der Waals surface area contributed by atoms with E-state index in [0.717, 1.165) is 11.1 Å². The maximum Gasteiger partial charge on any atom is 0.326 e. The van der Waals surface area contributed by atoms with Gasteiger partial charge in [-0.1, -0.05) is 42.5 Å². The number of carboxylic acids is 1. The third-order valence-corrected chi connectivity index (χ3v) is 6.39. The van der Waals surface area contributed by atoms with Gasteiger partial charge in [0.2, 0.25) is 17.7 Å². The molecule has 0 bridgehead atoms. The number of hydrogen-bond donors (Lipinski definition) is 8. The molecule has 212 valence electrons. The minimum atomic E-state index is -1.19. The first-order chi connectivity index (χ1) is 18.6. The van der Waals surface area contributed by atoms with Gasteiger partial charge in [-0.3, -0.25) is 14.4 Å². The number of aromatic hydroxyl groups is 1. The third kappa shape index (κ3) is 11.0. The van der Waals surface area contributed by atoms with Crippen molar-refractivity contribution in [2.24, 2.45) is 11.5 Å². The van der Waals surface area contributed by atoms with Gasteiger partial charge in [0.25, 0.3) is 0 Å². The third-order valence-electron chi connectivity index (χ3n) is 6.02. The Morgan fingerprint density at radius 2 is 1.33 bits per heavy atom. The zero-order chi connectivity index (χ0) is 28.8. The number of phenols is 1.